The summed E-state index contributed by atoms with van der Waals surface area (Å²) in [5.74, 6) is -1.72. The van der Waals surface area contributed by atoms with Crippen molar-refractivity contribution in [3.05, 3.63) is 69.3 Å². The van der Waals surface area contributed by atoms with Crippen LogP contribution < -0.4 is 0 Å². The molecule has 1 radical (unpaired) electrons. The molecule has 3 aromatic rings. The topological polar surface area (TPSA) is 132 Å². The number of allylic oxidation sites excluding steroid dienone is 4. The minimum atomic E-state index is -0.864. The molecule has 2 aliphatic rings. The number of fused-ring (bicyclic) bond motifs is 8. The van der Waals surface area contributed by atoms with Crippen molar-refractivity contribution in [1.82, 2.24) is 19.9 Å². The number of aryl methyl sites for hydroxylation is 4. The molecule has 43 heavy (non-hydrogen) atoms. The van der Waals surface area contributed by atoms with Crippen LogP contribution in [0.1, 0.15) is 98.4 Å². The van der Waals surface area contributed by atoms with Crippen molar-refractivity contribution in [3.63, 3.8) is 0 Å². The minimum absolute atomic E-state index is 0. The molecule has 0 spiro atoms. The van der Waals surface area contributed by atoms with Crippen molar-refractivity contribution in [2.75, 3.05) is 0 Å². The summed E-state index contributed by atoms with van der Waals surface area (Å²) in [4.78, 5) is 40.3. The molecule has 0 unspecified atom stereocenters. The fraction of sp³-hybridized carbons (Fsp3) is 0.353. The Morgan fingerprint density at radius 2 is 1.07 bits per heavy atom. The number of H-pyrrole nitrogens is 2. The third-order valence-electron chi connectivity index (χ3n) is 8.69. The number of nitrogens with zero attached hydrogens (tertiary/aromatic N) is 2. The van der Waals surface area contributed by atoms with Gasteiger partial charge >= 0.3 is 11.9 Å². The van der Waals surface area contributed by atoms with Gasteiger partial charge in [-0.15, -0.1) is 0 Å². The largest absolute Gasteiger partial charge is 0.481 e. The van der Waals surface area contributed by atoms with E-state index in [9.17, 15) is 19.8 Å². The van der Waals surface area contributed by atoms with E-state index >= 15 is 0 Å². The predicted octanol–water partition coefficient (Wildman–Crippen LogP) is 7.64. The van der Waals surface area contributed by atoms with Crippen LogP contribution in [0.25, 0.3) is 44.4 Å². The summed E-state index contributed by atoms with van der Waals surface area (Å²) >= 11 is 0. The van der Waals surface area contributed by atoms with Gasteiger partial charge in [0.05, 0.1) is 22.8 Å². The fourth-order valence-corrected chi connectivity index (χ4v) is 6.22. The van der Waals surface area contributed by atoms with Crippen molar-refractivity contribution in [3.8, 4) is 0 Å². The molecule has 9 heteroatoms. The summed E-state index contributed by atoms with van der Waals surface area (Å²) in [6.07, 6.45) is 2.39. The molecule has 229 valence electrons. The van der Waals surface area contributed by atoms with E-state index in [2.05, 4.69) is 49.8 Å². The Labute approximate surface area is 261 Å². The van der Waals surface area contributed by atoms with Crippen LogP contribution in [-0.2, 0) is 39.5 Å². The summed E-state index contributed by atoms with van der Waals surface area (Å²) in [6, 6.07) is 8.19. The van der Waals surface area contributed by atoms with Gasteiger partial charge in [-0.1, -0.05) is 13.8 Å². The smallest absolute Gasteiger partial charge is 0.303 e. The van der Waals surface area contributed by atoms with Gasteiger partial charge in [0, 0.05) is 52.0 Å². The number of hydrogen-bond acceptors (Lipinski definition) is 4. The summed E-state index contributed by atoms with van der Waals surface area (Å²) in [7, 11) is 0. The van der Waals surface area contributed by atoms with Crippen molar-refractivity contribution < 1.29 is 36.9 Å². The van der Waals surface area contributed by atoms with Crippen LogP contribution in [0.5, 0.6) is 0 Å². The maximum absolute atomic E-state index is 11.5. The van der Waals surface area contributed by atoms with Crippen LogP contribution in [-0.4, -0.2) is 42.1 Å². The third-order valence-corrected chi connectivity index (χ3v) is 8.69. The molecule has 0 saturated heterocycles. The first kappa shape index (κ1) is 32.0. The molecular formula is C34H38CuN4O4. The van der Waals surface area contributed by atoms with Crippen LogP contribution in [0.3, 0.4) is 0 Å². The minimum Gasteiger partial charge on any atom is -0.481 e. The maximum Gasteiger partial charge on any atom is 0.303 e. The van der Waals surface area contributed by atoms with E-state index in [0.717, 1.165) is 85.4 Å². The summed E-state index contributed by atoms with van der Waals surface area (Å²) in [5, 5.41) is 18.9. The second kappa shape index (κ2) is 12.7. The van der Waals surface area contributed by atoms with Crippen LogP contribution in [0.4, 0.5) is 0 Å². The van der Waals surface area contributed by atoms with Crippen molar-refractivity contribution >= 4 is 56.3 Å². The molecule has 0 atom stereocenters. The van der Waals surface area contributed by atoms with E-state index in [0.29, 0.717) is 18.5 Å². The Hall–Kier alpha value is -3.94. The molecule has 0 aliphatic carbocycles. The third kappa shape index (κ3) is 6.10. The Balaban J connectivity index is 0.00000423. The summed E-state index contributed by atoms with van der Waals surface area (Å²) < 4.78 is 0. The number of aromatic nitrogens is 4. The van der Waals surface area contributed by atoms with E-state index in [-0.39, 0.29) is 29.9 Å². The van der Waals surface area contributed by atoms with Crippen molar-refractivity contribution in [1.29, 1.82) is 0 Å². The number of aliphatic carboxylic acids is 2. The van der Waals surface area contributed by atoms with Gasteiger partial charge in [-0.05, 0) is 122 Å². The van der Waals surface area contributed by atoms with Gasteiger partial charge in [0.25, 0.3) is 0 Å². The second-order valence-corrected chi connectivity index (χ2v) is 11.2. The Kier molecular flexibility index (Phi) is 9.47. The molecule has 3 aromatic heterocycles. The van der Waals surface area contributed by atoms with E-state index in [1.807, 2.05) is 26.0 Å². The molecule has 0 fully saturated rings. The predicted molar refractivity (Wildman–Crippen MR) is 168 cm³/mol. The van der Waals surface area contributed by atoms with Crippen LogP contribution >= 0.6 is 0 Å². The molecule has 5 rings (SSSR count). The first-order chi connectivity index (χ1) is 20.0. The molecule has 8 nitrogen and oxygen atoms in total. The average molecular weight is 630 g/mol. The molecule has 2 aliphatic heterocycles. The molecule has 0 aromatic carbocycles. The Morgan fingerprint density at radius 1 is 0.628 bits per heavy atom. The quantitative estimate of drug-likeness (QED) is 0.189. The zero-order valence-corrected chi connectivity index (χ0v) is 26.4. The van der Waals surface area contributed by atoms with Gasteiger partial charge in [-0.25, -0.2) is 9.97 Å². The fourth-order valence-electron chi connectivity index (χ4n) is 6.22. The van der Waals surface area contributed by atoms with E-state index < -0.39 is 11.9 Å². The Bertz CT molecular complexity index is 1860. The summed E-state index contributed by atoms with van der Waals surface area (Å²) in [5.41, 5.74) is 15.4. The van der Waals surface area contributed by atoms with Gasteiger partial charge in [0.1, 0.15) is 0 Å². The SMILES string of the molecule is CCC1=C(C)c2cc3[nH]c(cc4nc(cc5[nH]c(cc1n2)c(C)c5CCC(=O)O)C(CCC(=O)O)=C4C)c(C)c3CC.[Cu]. The number of carboxylic acid groups (broad SMARTS) is 2. The van der Waals surface area contributed by atoms with Gasteiger partial charge < -0.3 is 20.2 Å². The van der Waals surface area contributed by atoms with Crippen molar-refractivity contribution in [2.24, 2.45) is 0 Å². The first-order valence-electron chi connectivity index (χ1n) is 14.6. The first-order valence-corrected chi connectivity index (χ1v) is 14.6. The number of carboxylic acids is 2. The molecule has 5 heterocycles. The maximum atomic E-state index is 11.5. The van der Waals surface area contributed by atoms with Gasteiger partial charge in [-0.2, -0.15) is 0 Å². The monoisotopic (exact) mass is 629 g/mol. The van der Waals surface area contributed by atoms with Gasteiger partial charge in [0.15, 0.2) is 0 Å². The second-order valence-electron chi connectivity index (χ2n) is 11.2. The molecule has 8 bridgehead atoms. The number of carbonyl (C=O) groups is 2. The zero-order chi connectivity index (χ0) is 30.3. The average Bonchev–Trinajstić information content (AvgIpc) is 3.59. The molecule has 0 amide bonds. The van der Waals surface area contributed by atoms with Crippen LogP contribution in [0.15, 0.2) is 24.3 Å². The van der Waals surface area contributed by atoms with Crippen LogP contribution in [0, 0.1) is 13.8 Å². The Morgan fingerprint density at radius 3 is 1.63 bits per heavy atom. The summed E-state index contributed by atoms with van der Waals surface area (Å²) in [6.45, 7) is 12.5. The molecular weight excluding hydrogens is 592 g/mol. The van der Waals surface area contributed by atoms with Crippen LogP contribution in [0.2, 0.25) is 0 Å². The molecule has 4 N–H and O–H groups in total. The number of aromatic amines is 2. The standard InChI is InChI=1S/C34H38N4O4.Cu/c1-7-21-17(3)25-13-26-19(5)23(9-11-33(39)40)31(37-26)16-32-24(10-12-34(41)42)20(6)28(38-32)15-30-22(8-2)18(4)27(36-30)14-29(21)35-25;/h13-16,35,38H,7-12H2,1-6H3,(H,39,40)(H,41,42);. The number of hydrogen-bond donors (Lipinski definition) is 4. The van der Waals surface area contributed by atoms with E-state index in [1.165, 1.54) is 11.1 Å². The van der Waals surface area contributed by atoms with Gasteiger partial charge in [-0.3, -0.25) is 9.59 Å². The van der Waals surface area contributed by atoms with Crippen molar-refractivity contribution in [2.45, 2.75) is 80.1 Å². The van der Waals surface area contributed by atoms with Gasteiger partial charge in [0.2, 0.25) is 0 Å². The molecule has 0 saturated carbocycles. The number of nitrogens with one attached hydrogen (secondary N) is 2. The number of rotatable bonds is 8. The van der Waals surface area contributed by atoms with E-state index in [1.54, 1.807) is 0 Å². The van der Waals surface area contributed by atoms with E-state index in [4.69, 9.17) is 9.97 Å². The zero-order valence-electron chi connectivity index (χ0n) is 25.5. The normalized spacial score (nSPS) is 13.0.